The topological polar surface area (TPSA) is 99.3 Å². The largest absolute Gasteiger partial charge is 0.444 e. The molecule has 3 fully saturated rings. The Morgan fingerprint density at radius 2 is 1.69 bits per heavy atom. The molecule has 4 amide bonds. The van der Waals surface area contributed by atoms with E-state index in [2.05, 4.69) is 16.3 Å². The molecule has 0 radical (unpaired) electrons. The van der Waals surface area contributed by atoms with Crippen LogP contribution in [0.4, 0.5) is 10.5 Å². The number of rotatable bonds is 2. The Morgan fingerprint density at radius 1 is 1.03 bits per heavy atom. The minimum Gasteiger partial charge on any atom is -0.444 e. The Morgan fingerprint density at radius 3 is 2.33 bits per heavy atom. The van der Waals surface area contributed by atoms with Gasteiger partial charge < -0.3 is 19.4 Å². The summed E-state index contributed by atoms with van der Waals surface area (Å²) in [4.78, 5) is 55.2. The van der Waals surface area contributed by atoms with Gasteiger partial charge in [-0.25, -0.2) is 4.79 Å². The molecule has 1 atom stereocenters. The third-order valence-corrected chi connectivity index (χ3v) is 8.18. The molecule has 1 N–H and O–H groups in total. The average Bonchev–Trinajstić information content (AvgIpc) is 3.14. The second-order valence-corrected chi connectivity index (χ2v) is 11.7. The molecule has 9 nitrogen and oxygen atoms in total. The summed E-state index contributed by atoms with van der Waals surface area (Å²) in [7, 11) is 0. The van der Waals surface area contributed by atoms with Crippen molar-refractivity contribution in [3.63, 3.8) is 0 Å². The van der Waals surface area contributed by atoms with Gasteiger partial charge in [0.2, 0.25) is 11.8 Å². The molecule has 1 spiro atoms. The molecule has 0 bridgehead atoms. The first-order valence-electron chi connectivity index (χ1n) is 13.0. The van der Waals surface area contributed by atoms with Crippen LogP contribution < -0.4 is 10.2 Å². The second-order valence-electron chi connectivity index (χ2n) is 11.7. The minimum atomic E-state index is -0.590. The molecule has 4 aliphatic rings. The molecule has 0 aromatic heterocycles. The van der Waals surface area contributed by atoms with Crippen molar-refractivity contribution in [2.75, 3.05) is 31.1 Å². The number of likely N-dealkylation sites (tertiary alicyclic amines) is 1. The van der Waals surface area contributed by atoms with E-state index in [-0.39, 0.29) is 35.7 Å². The Hall–Kier alpha value is -3.10. The highest BCUT2D eigenvalue weighted by Crippen LogP contribution is 2.43. The molecule has 1 unspecified atom stereocenters. The summed E-state index contributed by atoms with van der Waals surface area (Å²) < 4.78 is 5.54. The van der Waals surface area contributed by atoms with Gasteiger partial charge >= 0.3 is 6.09 Å². The fourth-order valence-electron chi connectivity index (χ4n) is 5.97. The lowest BCUT2D eigenvalue weighted by Crippen LogP contribution is -2.52. The zero-order valence-corrected chi connectivity index (χ0v) is 21.5. The Bertz CT molecular complexity index is 1080. The quantitative estimate of drug-likeness (QED) is 0.632. The zero-order valence-electron chi connectivity index (χ0n) is 21.5. The van der Waals surface area contributed by atoms with Gasteiger partial charge in [-0.05, 0) is 76.0 Å². The van der Waals surface area contributed by atoms with E-state index in [0.29, 0.717) is 18.5 Å². The van der Waals surface area contributed by atoms with Crippen LogP contribution in [0.25, 0.3) is 0 Å². The monoisotopic (exact) mass is 496 g/mol. The zero-order chi connectivity index (χ0) is 25.7. The van der Waals surface area contributed by atoms with Crippen molar-refractivity contribution in [1.82, 2.24) is 15.1 Å². The van der Waals surface area contributed by atoms with E-state index in [1.54, 1.807) is 4.90 Å². The van der Waals surface area contributed by atoms with Gasteiger partial charge in [-0.1, -0.05) is 6.07 Å². The highest BCUT2D eigenvalue weighted by atomic mass is 16.6. The van der Waals surface area contributed by atoms with E-state index in [1.807, 2.05) is 37.8 Å². The van der Waals surface area contributed by atoms with Gasteiger partial charge in [0.15, 0.2) is 0 Å². The van der Waals surface area contributed by atoms with Crippen molar-refractivity contribution in [2.24, 2.45) is 5.41 Å². The number of anilines is 1. The van der Waals surface area contributed by atoms with Crippen molar-refractivity contribution in [2.45, 2.75) is 77.5 Å². The molecule has 4 heterocycles. The molecule has 0 aliphatic carbocycles. The lowest BCUT2D eigenvalue weighted by Gasteiger charge is -2.47. The van der Waals surface area contributed by atoms with E-state index in [9.17, 15) is 19.2 Å². The Labute approximate surface area is 212 Å². The highest BCUT2D eigenvalue weighted by molar-refractivity contribution is 6.05. The number of fused-ring (bicyclic) bond motifs is 1. The summed E-state index contributed by atoms with van der Waals surface area (Å²) in [6.07, 6.45) is 4.51. The highest BCUT2D eigenvalue weighted by Gasteiger charge is 2.41. The summed E-state index contributed by atoms with van der Waals surface area (Å²) in [5.41, 5.74) is 2.39. The number of nitrogens with zero attached hydrogens (tertiary/aromatic N) is 3. The number of amides is 4. The van der Waals surface area contributed by atoms with E-state index in [4.69, 9.17) is 4.74 Å². The van der Waals surface area contributed by atoms with Crippen LogP contribution in [0.15, 0.2) is 18.2 Å². The van der Waals surface area contributed by atoms with Gasteiger partial charge in [0.25, 0.3) is 5.91 Å². The van der Waals surface area contributed by atoms with Crippen molar-refractivity contribution >= 4 is 29.5 Å². The lowest BCUT2D eigenvalue weighted by atomic mass is 9.71. The molecule has 9 heteroatoms. The van der Waals surface area contributed by atoms with Crippen LogP contribution in [0.5, 0.6) is 0 Å². The van der Waals surface area contributed by atoms with Gasteiger partial charge in [-0.3, -0.25) is 19.7 Å². The Balaban J connectivity index is 1.18. The van der Waals surface area contributed by atoms with Crippen LogP contribution in [0.3, 0.4) is 0 Å². The van der Waals surface area contributed by atoms with Gasteiger partial charge in [0.05, 0.1) is 0 Å². The number of piperidine rings is 3. The predicted molar refractivity (Wildman–Crippen MR) is 133 cm³/mol. The molecule has 36 heavy (non-hydrogen) atoms. The van der Waals surface area contributed by atoms with Crippen LogP contribution in [0.1, 0.15) is 75.2 Å². The predicted octanol–water partition coefficient (Wildman–Crippen LogP) is 3.07. The van der Waals surface area contributed by atoms with Gasteiger partial charge in [-0.2, -0.15) is 0 Å². The van der Waals surface area contributed by atoms with E-state index in [1.165, 1.54) is 0 Å². The molecule has 1 aromatic carbocycles. The summed E-state index contributed by atoms with van der Waals surface area (Å²) in [5.74, 6) is -0.794. The number of carbonyl (C=O) groups excluding carboxylic acids is 4. The summed E-state index contributed by atoms with van der Waals surface area (Å²) in [6.45, 7) is 9.38. The minimum absolute atomic E-state index is 0.135. The van der Waals surface area contributed by atoms with Gasteiger partial charge in [-0.15, -0.1) is 0 Å². The van der Waals surface area contributed by atoms with Crippen LogP contribution in [-0.4, -0.2) is 71.4 Å². The number of benzene rings is 1. The van der Waals surface area contributed by atoms with Crippen LogP contribution in [0, 0.1) is 5.41 Å². The first-order valence-corrected chi connectivity index (χ1v) is 13.0. The fraction of sp³-hybridized carbons (Fsp3) is 0.630. The van der Waals surface area contributed by atoms with Crippen molar-refractivity contribution < 1.29 is 23.9 Å². The molecule has 194 valence electrons. The normalized spacial score (nSPS) is 24.1. The number of hydrogen-bond donors (Lipinski definition) is 1. The molecule has 5 rings (SSSR count). The van der Waals surface area contributed by atoms with Crippen LogP contribution in [0.2, 0.25) is 0 Å². The molecule has 3 saturated heterocycles. The van der Waals surface area contributed by atoms with Crippen LogP contribution in [-0.2, 0) is 20.9 Å². The van der Waals surface area contributed by atoms with Crippen LogP contribution >= 0.6 is 0 Å². The van der Waals surface area contributed by atoms with Crippen molar-refractivity contribution in [3.05, 3.63) is 29.3 Å². The van der Waals surface area contributed by atoms with E-state index < -0.39 is 11.6 Å². The number of carbonyl (C=O) groups is 4. The van der Waals surface area contributed by atoms with E-state index in [0.717, 1.165) is 63.1 Å². The number of hydrogen-bond acceptors (Lipinski definition) is 6. The SMILES string of the molecule is CC(C)(C)OC(=O)N1CCC2(CC1)CCN(c1ccc3c(c1)C(=O)N(C1CCC(=O)NC1=O)C3)CC2. The van der Waals surface area contributed by atoms with Crippen molar-refractivity contribution in [3.8, 4) is 0 Å². The van der Waals surface area contributed by atoms with Gasteiger partial charge in [0, 0.05) is 50.4 Å². The molecular formula is C27H36N4O5. The number of ether oxygens (including phenoxy) is 1. The third kappa shape index (κ3) is 4.80. The standard InChI is InChI=1S/C27H36N4O5/c1-26(2,3)36-25(35)30-14-10-27(11-15-30)8-12-29(13-9-27)19-5-4-18-17-31(24(34)20(18)16-19)21-6-7-22(32)28-23(21)33/h4-5,16,21H,6-15,17H2,1-3H3,(H,28,32,33). The number of nitrogens with one attached hydrogen (secondary N) is 1. The Kier molecular flexibility index (Phi) is 6.21. The molecular weight excluding hydrogens is 460 g/mol. The first-order chi connectivity index (χ1) is 17.0. The molecule has 1 aromatic rings. The maximum absolute atomic E-state index is 13.2. The van der Waals surface area contributed by atoms with Gasteiger partial charge in [0.1, 0.15) is 11.6 Å². The summed E-state index contributed by atoms with van der Waals surface area (Å²) in [6, 6.07) is 5.45. The molecule has 4 aliphatic heterocycles. The smallest absolute Gasteiger partial charge is 0.410 e. The average molecular weight is 497 g/mol. The molecule has 0 saturated carbocycles. The summed E-state index contributed by atoms with van der Waals surface area (Å²) >= 11 is 0. The first kappa shape index (κ1) is 24.6. The maximum atomic E-state index is 13.2. The lowest BCUT2D eigenvalue weighted by molar-refractivity contribution is -0.136. The summed E-state index contributed by atoms with van der Waals surface area (Å²) in [5, 5.41) is 2.35. The van der Waals surface area contributed by atoms with Crippen molar-refractivity contribution in [1.29, 1.82) is 0 Å². The van der Waals surface area contributed by atoms with E-state index >= 15 is 0 Å². The third-order valence-electron chi connectivity index (χ3n) is 8.18. The fourth-order valence-corrected chi connectivity index (χ4v) is 5.97. The maximum Gasteiger partial charge on any atom is 0.410 e. The number of imide groups is 1. The second kappa shape index (κ2) is 9.09.